The molecule has 5 rings (SSSR count). The summed E-state index contributed by atoms with van der Waals surface area (Å²) in [4.78, 5) is 42.9. The number of nitrogens with zero attached hydrogens (tertiary/aromatic N) is 3. The number of aliphatic hydroxyl groups is 1. The predicted molar refractivity (Wildman–Crippen MR) is 183 cm³/mol. The summed E-state index contributed by atoms with van der Waals surface area (Å²) < 4.78 is 9.87. The first-order valence-electron chi connectivity index (χ1n) is 15.1. The SMILES string of the molecule is C=CC1=C(C)C2=NC1=Cc1[nH]c(c(CCC(=O)OC)c1C)C=C1N=C(C=C3N=C(C(C=C)=C3C)/C2=C/O)C(C)=C1CCC(=O)OC. The summed E-state index contributed by atoms with van der Waals surface area (Å²) in [6.07, 6.45) is 11.6. The largest absolute Gasteiger partial charge is 0.515 e. The van der Waals surface area contributed by atoms with Crippen LogP contribution in [0.3, 0.4) is 0 Å². The molecule has 0 saturated carbocycles. The summed E-state index contributed by atoms with van der Waals surface area (Å²) in [7, 11) is 2.76. The first-order valence-corrected chi connectivity index (χ1v) is 15.1. The van der Waals surface area contributed by atoms with E-state index in [1.165, 1.54) is 14.2 Å². The average Bonchev–Trinajstić information content (AvgIpc) is 3.72. The number of aliphatic hydroxyl groups excluding tert-OH is 1. The van der Waals surface area contributed by atoms with Gasteiger partial charge in [-0.2, -0.15) is 0 Å². The van der Waals surface area contributed by atoms with Crippen LogP contribution >= 0.6 is 0 Å². The zero-order valence-electron chi connectivity index (χ0n) is 27.1. The van der Waals surface area contributed by atoms with Gasteiger partial charge in [-0.15, -0.1) is 0 Å². The number of H-pyrrole nitrogens is 1. The molecule has 9 heteroatoms. The van der Waals surface area contributed by atoms with E-state index in [9.17, 15) is 14.7 Å². The number of carbonyl (C=O) groups is 2. The monoisotopic (exact) mass is 618 g/mol. The lowest BCUT2D eigenvalue weighted by atomic mass is 9.93. The normalized spacial score (nSPS) is 18.3. The van der Waals surface area contributed by atoms with Gasteiger partial charge < -0.3 is 19.6 Å². The number of fused-ring (bicyclic) bond motifs is 5. The Balaban J connectivity index is 1.82. The van der Waals surface area contributed by atoms with E-state index < -0.39 is 0 Å². The molecule has 0 aliphatic carbocycles. The molecule has 46 heavy (non-hydrogen) atoms. The van der Waals surface area contributed by atoms with E-state index in [1.54, 1.807) is 12.2 Å². The Bertz CT molecular complexity index is 1910. The van der Waals surface area contributed by atoms with Crippen molar-refractivity contribution in [3.05, 3.63) is 116 Å². The van der Waals surface area contributed by atoms with Crippen molar-refractivity contribution in [2.24, 2.45) is 15.0 Å². The number of hydrogen-bond acceptors (Lipinski definition) is 8. The van der Waals surface area contributed by atoms with Crippen molar-refractivity contribution in [3.63, 3.8) is 0 Å². The Hall–Kier alpha value is -5.31. The molecule has 9 nitrogen and oxygen atoms in total. The fraction of sp³-hybridized carbons (Fsp3) is 0.270. The second kappa shape index (κ2) is 13.0. The highest BCUT2D eigenvalue weighted by atomic mass is 16.5. The van der Waals surface area contributed by atoms with E-state index in [0.29, 0.717) is 52.6 Å². The molecule has 1 aromatic heterocycles. The number of carbonyl (C=O) groups excluding carboxylic acids is 2. The zero-order valence-corrected chi connectivity index (χ0v) is 27.1. The molecule has 0 spiro atoms. The Morgan fingerprint density at radius 3 is 2.04 bits per heavy atom. The van der Waals surface area contributed by atoms with E-state index in [0.717, 1.165) is 62.2 Å². The van der Waals surface area contributed by atoms with Crippen LogP contribution in [0.5, 0.6) is 0 Å². The first kappa shape index (κ1) is 32.1. The number of nitrogens with one attached hydrogen (secondary N) is 1. The summed E-state index contributed by atoms with van der Waals surface area (Å²) in [6, 6.07) is 0. The van der Waals surface area contributed by atoms with Gasteiger partial charge in [-0.25, -0.2) is 15.0 Å². The molecule has 0 fully saturated rings. The van der Waals surface area contributed by atoms with Crippen molar-refractivity contribution < 1.29 is 24.2 Å². The molecule has 8 bridgehead atoms. The van der Waals surface area contributed by atoms with Crippen molar-refractivity contribution in [2.75, 3.05) is 14.2 Å². The van der Waals surface area contributed by atoms with Crippen molar-refractivity contribution in [1.29, 1.82) is 0 Å². The number of ether oxygens (including phenoxy) is 2. The van der Waals surface area contributed by atoms with Crippen LogP contribution in [0.4, 0.5) is 0 Å². The van der Waals surface area contributed by atoms with E-state index in [2.05, 4.69) is 18.1 Å². The smallest absolute Gasteiger partial charge is 0.305 e. The van der Waals surface area contributed by atoms with Crippen LogP contribution in [0.2, 0.25) is 0 Å². The molecule has 0 aromatic carbocycles. The number of aromatic amines is 1. The average molecular weight is 619 g/mol. The van der Waals surface area contributed by atoms with E-state index >= 15 is 0 Å². The van der Waals surface area contributed by atoms with Gasteiger partial charge >= 0.3 is 11.9 Å². The van der Waals surface area contributed by atoms with Gasteiger partial charge in [0.25, 0.3) is 0 Å². The fourth-order valence-corrected chi connectivity index (χ4v) is 6.16. The van der Waals surface area contributed by atoms with Gasteiger partial charge in [-0.3, -0.25) is 9.59 Å². The van der Waals surface area contributed by atoms with Gasteiger partial charge in [0, 0.05) is 35.4 Å². The van der Waals surface area contributed by atoms with Crippen LogP contribution in [0.25, 0.3) is 12.2 Å². The lowest BCUT2D eigenvalue weighted by Crippen LogP contribution is -2.14. The van der Waals surface area contributed by atoms with Gasteiger partial charge in [-0.05, 0) is 92.2 Å². The summed E-state index contributed by atoms with van der Waals surface area (Å²) in [5.41, 5.74) is 13.0. The van der Waals surface area contributed by atoms with Crippen LogP contribution in [-0.4, -0.2) is 53.4 Å². The Morgan fingerprint density at radius 1 is 0.783 bits per heavy atom. The molecule has 0 saturated heterocycles. The molecule has 0 unspecified atom stereocenters. The minimum absolute atomic E-state index is 0.193. The Kier molecular flexibility index (Phi) is 9.05. The highest BCUT2D eigenvalue weighted by Crippen LogP contribution is 2.38. The molecule has 0 amide bonds. The molecule has 5 heterocycles. The Labute approximate surface area is 268 Å². The van der Waals surface area contributed by atoms with E-state index in [4.69, 9.17) is 24.5 Å². The number of hydrogen-bond donors (Lipinski definition) is 2. The van der Waals surface area contributed by atoms with Crippen LogP contribution in [0.15, 0.2) is 109 Å². The number of allylic oxidation sites excluding steroid dienone is 9. The van der Waals surface area contributed by atoms with Crippen LogP contribution in [0.1, 0.15) is 62.5 Å². The topological polar surface area (TPSA) is 126 Å². The second-order valence-corrected chi connectivity index (χ2v) is 11.3. The predicted octanol–water partition coefficient (Wildman–Crippen LogP) is 7.09. The maximum atomic E-state index is 12.2. The van der Waals surface area contributed by atoms with Crippen molar-refractivity contribution in [2.45, 2.75) is 53.4 Å². The van der Waals surface area contributed by atoms with Gasteiger partial charge in [0.15, 0.2) is 0 Å². The molecule has 1 aromatic rings. The molecule has 4 aliphatic heterocycles. The summed E-state index contributed by atoms with van der Waals surface area (Å²) in [5.74, 6) is -0.618. The van der Waals surface area contributed by atoms with Gasteiger partial charge in [-0.1, -0.05) is 25.3 Å². The molecule has 236 valence electrons. The number of esters is 2. The number of aromatic nitrogens is 1. The maximum Gasteiger partial charge on any atom is 0.305 e. The van der Waals surface area contributed by atoms with Crippen molar-refractivity contribution in [3.8, 4) is 0 Å². The van der Waals surface area contributed by atoms with E-state index in [1.807, 2.05) is 45.9 Å². The highest BCUT2D eigenvalue weighted by molar-refractivity contribution is 6.37. The Morgan fingerprint density at radius 2 is 1.41 bits per heavy atom. The fourth-order valence-electron chi connectivity index (χ4n) is 6.16. The third-order valence-electron chi connectivity index (χ3n) is 8.88. The van der Waals surface area contributed by atoms with Gasteiger partial charge in [0.2, 0.25) is 0 Å². The van der Waals surface area contributed by atoms with Gasteiger partial charge in [0.1, 0.15) is 0 Å². The molecular weight excluding hydrogens is 580 g/mol. The lowest BCUT2D eigenvalue weighted by molar-refractivity contribution is -0.141. The zero-order chi connectivity index (χ0) is 33.3. The molecule has 2 N–H and O–H groups in total. The summed E-state index contributed by atoms with van der Waals surface area (Å²) in [5, 5.41) is 10.6. The van der Waals surface area contributed by atoms with E-state index in [-0.39, 0.29) is 24.8 Å². The third-order valence-corrected chi connectivity index (χ3v) is 8.88. The molecule has 0 radical (unpaired) electrons. The maximum absolute atomic E-state index is 12.2. The summed E-state index contributed by atoms with van der Waals surface area (Å²) >= 11 is 0. The van der Waals surface area contributed by atoms with Crippen molar-refractivity contribution in [1.82, 2.24) is 4.98 Å². The second-order valence-electron chi connectivity index (χ2n) is 11.3. The number of methoxy groups -OCH3 is 2. The van der Waals surface area contributed by atoms with Crippen LogP contribution in [0, 0.1) is 6.92 Å². The summed E-state index contributed by atoms with van der Waals surface area (Å²) in [6.45, 7) is 16.0. The lowest BCUT2D eigenvalue weighted by Gasteiger charge is -2.09. The van der Waals surface area contributed by atoms with Crippen molar-refractivity contribution >= 4 is 41.2 Å². The molecular formula is C37H38N4O5. The minimum Gasteiger partial charge on any atom is -0.515 e. The quantitative estimate of drug-likeness (QED) is 0.238. The highest BCUT2D eigenvalue weighted by Gasteiger charge is 2.31. The molecule has 4 aliphatic rings. The van der Waals surface area contributed by atoms with Gasteiger partial charge in [0.05, 0.1) is 60.3 Å². The standard InChI is InChI=1S/C37H38N4O5/c1-9-23-22(6)36-27(18-42)37-24(10-2)19(3)30(40-37)15-28-20(4)25(11-13-34(43)45-7)32(38-28)17-33-26(12-14-35(44)46-8)21(5)29(39-33)16-31(23)41-36/h9-10,15-18,39,42H,1-2,11-14H2,3-8H3/b27-18+,30-15?,31-16?,32-17?. The number of aliphatic imine (C=N–C) groups is 3. The van der Waals surface area contributed by atoms with Crippen LogP contribution < -0.4 is 0 Å². The minimum atomic E-state index is -0.311. The third kappa shape index (κ3) is 5.64. The van der Waals surface area contributed by atoms with Crippen LogP contribution in [-0.2, 0) is 25.5 Å². The first-order chi connectivity index (χ1) is 22.1. The molecule has 0 atom stereocenters. The number of rotatable bonds is 8.